The smallest absolute Gasteiger partial charge is 0.433 e. The normalized spacial score (nSPS) is 15.3. The highest BCUT2D eigenvalue weighted by molar-refractivity contribution is 5.44. The molecule has 0 bridgehead atoms. The standard InChI is InChI=1S/C16H15F3N2O/c17-16(18,19)15-4-3-12(9-21-15)13(8-20)11-2-1-10-5-6-22-14(10)7-11/h1-4,7,9,13H,5-6,8,20H2. The molecule has 2 N–H and O–H groups in total. The van der Waals surface area contributed by atoms with Gasteiger partial charge >= 0.3 is 6.18 Å². The monoisotopic (exact) mass is 308 g/mol. The van der Waals surface area contributed by atoms with Crippen molar-refractivity contribution < 1.29 is 17.9 Å². The fourth-order valence-electron chi connectivity index (χ4n) is 2.64. The second-order valence-corrected chi connectivity index (χ2v) is 5.23. The molecular weight excluding hydrogens is 293 g/mol. The SMILES string of the molecule is NCC(c1ccc(C(F)(F)F)nc1)c1ccc2c(c1)OCC2. The van der Waals surface area contributed by atoms with Crippen molar-refractivity contribution in [1.82, 2.24) is 4.98 Å². The van der Waals surface area contributed by atoms with Crippen molar-refractivity contribution >= 4 is 0 Å². The highest BCUT2D eigenvalue weighted by Crippen LogP contribution is 2.33. The molecular formula is C16H15F3N2O. The van der Waals surface area contributed by atoms with Crippen LogP contribution in [0.4, 0.5) is 13.2 Å². The zero-order valence-corrected chi connectivity index (χ0v) is 11.7. The molecule has 1 atom stereocenters. The van der Waals surface area contributed by atoms with Gasteiger partial charge in [-0.15, -0.1) is 0 Å². The van der Waals surface area contributed by atoms with Gasteiger partial charge in [-0.3, -0.25) is 4.98 Å². The minimum absolute atomic E-state index is 0.204. The van der Waals surface area contributed by atoms with E-state index >= 15 is 0 Å². The molecule has 0 saturated carbocycles. The van der Waals surface area contributed by atoms with Crippen molar-refractivity contribution in [2.45, 2.75) is 18.5 Å². The Kier molecular flexibility index (Phi) is 3.78. The van der Waals surface area contributed by atoms with Gasteiger partial charge in [-0.1, -0.05) is 18.2 Å². The van der Waals surface area contributed by atoms with Gasteiger partial charge in [-0.25, -0.2) is 0 Å². The largest absolute Gasteiger partial charge is 0.493 e. The van der Waals surface area contributed by atoms with Crippen LogP contribution in [0.2, 0.25) is 0 Å². The fraction of sp³-hybridized carbons (Fsp3) is 0.312. The first-order chi connectivity index (χ1) is 10.5. The Hall–Kier alpha value is -2.08. The molecule has 6 heteroatoms. The topological polar surface area (TPSA) is 48.1 Å². The summed E-state index contributed by atoms with van der Waals surface area (Å²) in [5.74, 6) is 0.625. The van der Waals surface area contributed by atoms with Gasteiger partial charge in [0.15, 0.2) is 0 Å². The van der Waals surface area contributed by atoms with Gasteiger partial charge in [-0.2, -0.15) is 13.2 Å². The van der Waals surface area contributed by atoms with Crippen molar-refractivity contribution in [2.75, 3.05) is 13.2 Å². The van der Waals surface area contributed by atoms with Crippen molar-refractivity contribution in [1.29, 1.82) is 0 Å². The Labute approximate surface area is 125 Å². The van der Waals surface area contributed by atoms with Crippen LogP contribution in [-0.4, -0.2) is 18.1 Å². The first-order valence-electron chi connectivity index (χ1n) is 6.98. The summed E-state index contributed by atoms with van der Waals surface area (Å²) in [6.45, 7) is 0.944. The summed E-state index contributed by atoms with van der Waals surface area (Å²) in [5.41, 5.74) is 7.64. The number of nitrogens with zero attached hydrogens (tertiary/aromatic N) is 1. The first kappa shape index (κ1) is 14.8. The number of hydrogen-bond donors (Lipinski definition) is 1. The molecule has 0 saturated heterocycles. The predicted octanol–water partition coefficient (Wildman–Crippen LogP) is 3.13. The number of alkyl halides is 3. The molecule has 1 aliphatic heterocycles. The summed E-state index contributed by atoms with van der Waals surface area (Å²) < 4.78 is 43.2. The van der Waals surface area contributed by atoms with E-state index in [1.807, 2.05) is 18.2 Å². The van der Waals surface area contributed by atoms with Gasteiger partial charge in [0.25, 0.3) is 0 Å². The van der Waals surface area contributed by atoms with Crippen LogP contribution >= 0.6 is 0 Å². The Morgan fingerprint density at radius 2 is 1.95 bits per heavy atom. The molecule has 0 aliphatic carbocycles. The Bertz CT molecular complexity index is 668. The van der Waals surface area contributed by atoms with Gasteiger partial charge in [0.1, 0.15) is 11.4 Å². The number of halogens is 3. The zero-order chi connectivity index (χ0) is 15.7. The van der Waals surface area contributed by atoms with Gasteiger partial charge in [0.05, 0.1) is 6.61 Å². The van der Waals surface area contributed by atoms with Crippen LogP contribution in [0.25, 0.3) is 0 Å². The summed E-state index contributed by atoms with van der Waals surface area (Å²) in [4.78, 5) is 3.50. The summed E-state index contributed by atoms with van der Waals surface area (Å²) >= 11 is 0. The maximum atomic E-state index is 12.6. The number of pyridine rings is 1. The molecule has 3 nitrogen and oxygen atoms in total. The second kappa shape index (κ2) is 5.61. The van der Waals surface area contributed by atoms with Crippen LogP contribution < -0.4 is 10.5 Å². The van der Waals surface area contributed by atoms with E-state index in [4.69, 9.17) is 10.5 Å². The van der Waals surface area contributed by atoms with Gasteiger partial charge in [-0.05, 0) is 28.8 Å². The molecule has 116 valence electrons. The number of benzene rings is 1. The maximum absolute atomic E-state index is 12.6. The van der Waals surface area contributed by atoms with Crippen LogP contribution in [0.3, 0.4) is 0 Å². The molecule has 0 radical (unpaired) electrons. The highest BCUT2D eigenvalue weighted by Gasteiger charge is 2.32. The second-order valence-electron chi connectivity index (χ2n) is 5.23. The molecule has 22 heavy (non-hydrogen) atoms. The van der Waals surface area contributed by atoms with Crippen molar-refractivity contribution in [3.63, 3.8) is 0 Å². The Morgan fingerprint density at radius 1 is 1.18 bits per heavy atom. The maximum Gasteiger partial charge on any atom is 0.433 e. The lowest BCUT2D eigenvalue weighted by Gasteiger charge is -2.17. The number of rotatable bonds is 3. The van der Waals surface area contributed by atoms with E-state index in [1.165, 1.54) is 12.3 Å². The Morgan fingerprint density at radius 3 is 2.59 bits per heavy atom. The van der Waals surface area contributed by atoms with Crippen molar-refractivity contribution in [3.8, 4) is 5.75 Å². The zero-order valence-electron chi connectivity index (χ0n) is 11.7. The first-order valence-corrected chi connectivity index (χ1v) is 6.98. The lowest BCUT2D eigenvalue weighted by atomic mass is 9.91. The Balaban J connectivity index is 1.91. The van der Waals surface area contributed by atoms with E-state index in [1.54, 1.807) is 0 Å². The van der Waals surface area contributed by atoms with E-state index in [2.05, 4.69) is 4.98 Å². The molecule has 3 rings (SSSR count). The summed E-state index contributed by atoms with van der Waals surface area (Å²) in [6, 6.07) is 8.27. The molecule has 0 fully saturated rings. The molecule has 1 aromatic heterocycles. The van der Waals surface area contributed by atoms with E-state index in [0.29, 0.717) is 12.2 Å². The molecule has 0 amide bonds. The van der Waals surface area contributed by atoms with Crippen LogP contribution in [0, 0.1) is 0 Å². The van der Waals surface area contributed by atoms with Crippen LogP contribution in [0.5, 0.6) is 5.75 Å². The van der Waals surface area contributed by atoms with Gasteiger partial charge in [0, 0.05) is 25.1 Å². The fourth-order valence-corrected chi connectivity index (χ4v) is 2.64. The summed E-state index contributed by atoms with van der Waals surface area (Å²) in [7, 11) is 0. The number of fused-ring (bicyclic) bond motifs is 1. The van der Waals surface area contributed by atoms with Crippen LogP contribution in [0.1, 0.15) is 28.3 Å². The third-order valence-corrected chi connectivity index (χ3v) is 3.84. The quantitative estimate of drug-likeness (QED) is 0.947. The number of nitrogens with two attached hydrogens (primary N) is 1. The third-order valence-electron chi connectivity index (χ3n) is 3.84. The van der Waals surface area contributed by atoms with Crippen LogP contribution in [0.15, 0.2) is 36.5 Å². The van der Waals surface area contributed by atoms with E-state index in [0.717, 1.165) is 29.4 Å². The van der Waals surface area contributed by atoms with E-state index < -0.39 is 11.9 Å². The van der Waals surface area contributed by atoms with Crippen LogP contribution in [-0.2, 0) is 12.6 Å². The summed E-state index contributed by atoms with van der Waals surface area (Å²) in [5, 5.41) is 0. The lowest BCUT2D eigenvalue weighted by molar-refractivity contribution is -0.141. The average Bonchev–Trinajstić information content (AvgIpc) is 2.95. The lowest BCUT2D eigenvalue weighted by Crippen LogP contribution is -2.15. The summed E-state index contributed by atoms with van der Waals surface area (Å²) in [6.07, 6.45) is -2.31. The number of ether oxygens (including phenoxy) is 1. The van der Waals surface area contributed by atoms with Crippen molar-refractivity contribution in [2.24, 2.45) is 5.73 Å². The minimum atomic E-state index is -4.43. The average molecular weight is 308 g/mol. The van der Waals surface area contributed by atoms with Gasteiger partial charge in [0.2, 0.25) is 0 Å². The molecule has 1 aliphatic rings. The molecule has 2 heterocycles. The molecule has 0 spiro atoms. The molecule has 2 aromatic rings. The van der Waals surface area contributed by atoms with E-state index in [-0.39, 0.29) is 12.5 Å². The van der Waals surface area contributed by atoms with Gasteiger partial charge < -0.3 is 10.5 Å². The number of aromatic nitrogens is 1. The minimum Gasteiger partial charge on any atom is -0.493 e. The predicted molar refractivity (Wildman–Crippen MR) is 75.8 cm³/mol. The van der Waals surface area contributed by atoms with Crippen molar-refractivity contribution in [3.05, 3.63) is 58.9 Å². The van der Waals surface area contributed by atoms with E-state index in [9.17, 15) is 13.2 Å². The third kappa shape index (κ3) is 2.78. The highest BCUT2D eigenvalue weighted by atomic mass is 19.4. The molecule has 1 unspecified atom stereocenters. The molecule has 1 aromatic carbocycles. The number of hydrogen-bond acceptors (Lipinski definition) is 3.